The highest BCUT2D eigenvalue weighted by Crippen LogP contribution is 2.21. The first-order valence-electron chi connectivity index (χ1n) is 7.11. The first-order chi connectivity index (χ1) is 9.95. The van der Waals surface area contributed by atoms with Gasteiger partial charge in [0.05, 0.1) is 18.3 Å². The molecule has 116 valence electrons. The van der Waals surface area contributed by atoms with E-state index in [0.717, 1.165) is 25.9 Å². The first kappa shape index (κ1) is 16.2. The zero-order chi connectivity index (χ0) is 15.4. The van der Waals surface area contributed by atoms with Crippen molar-refractivity contribution in [2.45, 2.75) is 25.9 Å². The number of piperidine rings is 1. The monoisotopic (exact) mass is 314 g/mol. The molecule has 21 heavy (non-hydrogen) atoms. The van der Waals surface area contributed by atoms with Gasteiger partial charge in [-0.1, -0.05) is 11.6 Å². The number of benzene rings is 1. The Balaban J connectivity index is 1.84. The van der Waals surface area contributed by atoms with E-state index in [2.05, 4.69) is 5.32 Å². The topological polar surface area (TPSA) is 52.6 Å². The molecule has 1 aliphatic heterocycles. The number of hydrogen-bond donors (Lipinski definition) is 2. The second-order valence-corrected chi connectivity index (χ2v) is 5.96. The van der Waals surface area contributed by atoms with E-state index < -0.39 is 5.82 Å². The van der Waals surface area contributed by atoms with Crippen molar-refractivity contribution in [3.05, 3.63) is 29.0 Å². The number of aliphatic hydroxyl groups is 1. The molecular weight excluding hydrogens is 295 g/mol. The van der Waals surface area contributed by atoms with Crippen LogP contribution >= 0.6 is 11.6 Å². The molecule has 0 spiro atoms. The Morgan fingerprint density at radius 1 is 1.52 bits per heavy atom. The molecule has 1 aromatic carbocycles. The van der Waals surface area contributed by atoms with Crippen LogP contribution < -0.4 is 5.32 Å². The predicted molar refractivity (Wildman–Crippen MR) is 80.9 cm³/mol. The van der Waals surface area contributed by atoms with Gasteiger partial charge in [0.25, 0.3) is 0 Å². The van der Waals surface area contributed by atoms with Crippen LogP contribution in [0.3, 0.4) is 0 Å². The van der Waals surface area contributed by atoms with Gasteiger partial charge in [-0.3, -0.25) is 9.69 Å². The Morgan fingerprint density at radius 2 is 2.19 bits per heavy atom. The van der Waals surface area contributed by atoms with Crippen molar-refractivity contribution in [1.82, 2.24) is 4.90 Å². The van der Waals surface area contributed by atoms with Crippen LogP contribution in [-0.2, 0) is 4.79 Å². The molecule has 1 saturated heterocycles. The summed E-state index contributed by atoms with van der Waals surface area (Å²) in [7, 11) is 0. The minimum absolute atomic E-state index is 0.103. The van der Waals surface area contributed by atoms with Crippen molar-refractivity contribution < 1.29 is 14.3 Å². The van der Waals surface area contributed by atoms with Crippen molar-refractivity contribution in [3.8, 4) is 0 Å². The van der Waals surface area contributed by atoms with E-state index in [9.17, 15) is 14.3 Å². The maximum Gasteiger partial charge on any atom is 0.238 e. The number of halogens is 2. The van der Waals surface area contributed by atoms with Gasteiger partial charge in [0, 0.05) is 5.02 Å². The van der Waals surface area contributed by atoms with Gasteiger partial charge in [-0.25, -0.2) is 4.39 Å². The molecule has 6 heteroatoms. The van der Waals surface area contributed by atoms with Crippen LogP contribution in [0.4, 0.5) is 10.1 Å². The largest absolute Gasteiger partial charge is 0.393 e. The molecule has 1 fully saturated rings. The summed E-state index contributed by atoms with van der Waals surface area (Å²) < 4.78 is 13.5. The Bertz CT molecular complexity index is 502. The third-order valence-corrected chi connectivity index (χ3v) is 4.12. The van der Waals surface area contributed by atoms with E-state index in [1.54, 1.807) is 6.92 Å². The average molecular weight is 315 g/mol. The summed E-state index contributed by atoms with van der Waals surface area (Å²) in [5, 5.41) is 12.5. The number of carbonyl (C=O) groups excluding carboxylic acids is 1. The third kappa shape index (κ3) is 4.66. The number of rotatable bonds is 4. The van der Waals surface area contributed by atoms with Crippen LogP contribution in [0.25, 0.3) is 0 Å². The smallest absolute Gasteiger partial charge is 0.238 e. The Hall–Kier alpha value is -1.17. The van der Waals surface area contributed by atoms with Crippen molar-refractivity contribution in [2.75, 3.05) is 25.0 Å². The number of likely N-dealkylation sites (tertiary alicyclic amines) is 1. The highest BCUT2D eigenvalue weighted by molar-refractivity contribution is 6.30. The summed E-state index contributed by atoms with van der Waals surface area (Å²) in [5.74, 6) is -0.457. The molecule has 2 rings (SSSR count). The number of hydrogen-bond acceptors (Lipinski definition) is 3. The minimum atomic E-state index is -0.499. The van der Waals surface area contributed by atoms with Crippen molar-refractivity contribution in [3.63, 3.8) is 0 Å². The van der Waals surface area contributed by atoms with Crippen LogP contribution in [0.2, 0.25) is 5.02 Å². The number of anilines is 1. The summed E-state index contributed by atoms with van der Waals surface area (Å²) >= 11 is 5.79. The van der Waals surface area contributed by atoms with E-state index >= 15 is 0 Å². The normalized spacial score (nSPS) is 18.5. The SMILES string of the molecule is CC(O)C1CCN(CC(=O)Nc2cc(Cl)ccc2F)CC1. The molecule has 0 bridgehead atoms. The van der Waals surface area contributed by atoms with Gasteiger partial charge < -0.3 is 10.4 Å². The molecular formula is C15H20ClFN2O2. The standard InChI is InChI=1S/C15H20ClFN2O2/c1-10(20)11-4-6-19(7-5-11)9-15(21)18-14-8-12(16)2-3-13(14)17/h2-3,8,10-11,20H,4-7,9H2,1H3,(H,18,21). The quantitative estimate of drug-likeness (QED) is 0.898. The summed E-state index contributed by atoms with van der Waals surface area (Å²) in [6, 6.07) is 4.06. The molecule has 4 nitrogen and oxygen atoms in total. The molecule has 0 aromatic heterocycles. The van der Waals surface area contributed by atoms with Gasteiger partial charge in [-0.2, -0.15) is 0 Å². The van der Waals surface area contributed by atoms with E-state index in [1.165, 1.54) is 18.2 Å². The fourth-order valence-electron chi connectivity index (χ4n) is 2.58. The fourth-order valence-corrected chi connectivity index (χ4v) is 2.75. The Labute approximate surface area is 128 Å². The highest BCUT2D eigenvalue weighted by Gasteiger charge is 2.23. The lowest BCUT2D eigenvalue weighted by atomic mass is 9.92. The second kappa shape index (κ2) is 7.20. The molecule has 1 aliphatic rings. The highest BCUT2D eigenvalue weighted by atomic mass is 35.5. The van der Waals surface area contributed by atoms with Crippen LogP contribution in [0.15, 0.2) is 18.2 Å². The zero-order valence-corrected chi connectivity index (χ0v) is 12.7. The van der Waals surface area contributed by atoms with Gasteiger partial charge >= 0.3 is 0 Å². The number of nitrogens with one attached hydrogen (secondary N) is 1. The van der Waals surface area contributed by atoms with Crippen molar-refractivity contribution in [1.29, 1.82) is 0 Å². The molecule has 1 unspecified atom stereocenters. The van der Waals surface area contributed by atoms with Crippen molar-refractivity contribution >= 4 is 23.2 Å². The minimum Gasteiger partial charge on any atom is -0.393 e. The predicted octanol–water partition coefficient (Wildman–Crippen LogP) is 2.51. The molecule has 1 atom stereocenters. The van der Waals surface area contributed by atoms with Gasteiger partial charge in [0.2, 0.25) is 5.91 Å². The number of amides is 1. The number of nitrogens with zero attached hydrogens (tertiary/aromatic N) is 1. The average Bonchev–Trinajstić information content (AvgIpc) is 2.43. The number of aliphatic hydroxyl groups excluding tert-OH is 1. The van der Waals surface area contributed by atoms with Gasteiger partial charge in [0.15, 0.2) is 0 Å². The maximum atomic E-state index is 13.5. The van der Waals surface area contributed by atoms with Gasteiger partial charge in [-0.05, 0) is 57.0 Å². The van der Waals surface area contributed by atoms with Crippen molar-refractivity contribution in [2.24, 2.45) is 5.92 Å². The summed E-state index contributed by atoms with van der Waals surface area (Å²) in [6.07, 6.45) is 1.44. The molecule has 0 radical (unpaired) electrons. The van der Waals surface area contributed by atoms with Crippen LogP contribution in [0.1, 0.15) is 19.8 Å². The van der Waals surface area contributed by atoms with E-state index in [1.807, 2.05) is 4.90 Å². The van der Waals surface area contributed by atoms with Gasteiger partial charge in [-0.15, -0.1) is 0 Å². The third-order valence-electron chi connectivity index (χ3n) is 3.88. The maximum absolute atomic E-state index is 13.5. The second-order valence-electron chi connectivity index (χ2n) is 5.53. The zero-order valence-electron chi connectivity index (χ0n) is 12.0. The fraction of sp³-hybridized carbons (Fsp3) is 0.533. The summed E-state index contributed by atoms with van der Waals surface area (Å²) in [6.45, 7) is 3.55. The van der Waals surface area contributed by atoms with Crippen LogP contribution in [0, 0.1) is 11.7 Å². The van der Waals surface area contributed by atoms with Crippen LogP contribution in [0.5, 0.6) is 0 Å². The first-order valence-corrected chi connectivity index (χ1v) is 7.49. The Kier molecular flexibility index (Phi) is 5.56. The molecule has 0 aliphatic carbocycles. The summed E-state index contributed by atoms with van der Waals surface area (Å²) in [4.78, 5) is 14.0. The van der Waals surface area contributed by atoms with Gasteiger partial charge in [0.1, 0.15) is 5.82 Å². The Morgan fingerprint density at radius 3 is 2.81 bits per heavy atom. The molecule has 1 aromatic rings. The van der Waals surface area contributed by atoms with Crippen LogP contribution in [-0.4, -0.2) is 41.7 Å². The molecule has 1 heterocycles. The lowest BCUT2D eigenvalue weighted by Crippen LogP contribution is -2.41. The molecule has 1 amide bonds. The molecule has 2 N–H and O–H groups in total. The summed E-state index contributed by atoms with van der Waals surface area (Å²) in [5.41, 5.74) is 0.103. The van der Waals surface area contributed by atoms with E-state index in [0.29, 0.717) is 10.9 Å². The number of carbonyl (C=O) groups is 1. The lowest BCUT2D eigenvalue weighted by Gasteiger charge is -2.32. The van der Waals surface area contributed by atoms with E-state index in [-0.39, 0.29) is 24.2 Å². The van der Waals surface area contributed by atoms with E-state index in [4.69, 9.17) is 11.6 Å². The lowest BCUT2D eigenvalue weighted by molar-refractivity contribution is -0.117. The molecule has 0 saturated carbocycles.